The van der Waals surface area contributed by atoms with Crippen LogP contribution in [-0.2, 0) is 11.4 Å². The second kappa shape index (κ2) is 8.43. The van der Waals surface area contributed by atoms with Crippen LogP contribution in [0, 0.1) is 6.92 Å². The SMILES string of the molecule is Cc1nn(-c2nc3ccccc3s2)c2c1[C@@H](c1cccc(OCc3ccccc3)c1)CC(=O)N2. The van der Waals surface area contributed by atoms with Crippen LogP contribution >= 0.6 is 11.3 Å². The molecule has 1 N–H and O–H groups in total. The number of thiazole rings is 1. The Morgan fingerprint density at radius 2 is 1.88 bits per heavy atom. The van der Waals surface area contributed by atoms with Crippen molar-refractivity contribution < 1.29 is 9.53 Å². The van der Waals surface area contributed by atoms with E-state index >= 15 is 0 Å². The fourth-order valence-corrected chi connectivity index (χ4v) is 5.41. The molecule has 0 saturated heterocycles. The van der Waals surface area contributed by atoms with E-state index in [4.69, 9.17) is 14.8 Å². The largest absolute Gasteiger partial charge is 0.489 e. The van der Waals surface area contributed by atoms with Gasteiger partial charge in [0.15, 0.2) is 0 Å². The molecular formula is C27H22N4O2S. The Bertz CT molecular complexity index is 1470. The van der Waals surface area contributed by atoms with E-state index in [0.717, 1.165) is 43.5 Å². The molecule has 3 aromatic carbocycles. The molecule has 0 bridgehead atoms. The number of para-hydroxylation sites is 1. The van der Waals surface area contributed by atoms with Gasteiger partial charge in [0.05, 0.1) is 15.9 Å². The van der Waals surface area contributed by atoms with Crippen LogP contribution < -0.4 is 10.1 Å². The molecule has 5 aromatic rings. The van der Waals surface area contributed by atoms with Crippen LogP contribution in [0.5, 0.6) is 5.75 Å². The number of nitrogens with zero attached hydrogens (tertiary/aromatic N) is 3. The van der Waals surface area contributed by atoms with Crippen molar-refractivity contribution in [3.63, 3.8) is 0 Å². The summed E-state index contributed by atoms with van der Waals surface area (Å²) < 4.78 is 8.90. The topological polar surface area (TPSA) is 69.0 Å². The molecule has 1 aliphatic rings. The third-order valence-electron chi connectivity index (χ3n) is 6.08. The summed E-state index contributed by atoms with van der Waals surface area (Å²) in [6.45, 7) is 2.48. The van der Waals surface area contributed by atoms with Crippen LogP contribution in [0.15, 0.2) is 78.9 Å². The summed E-state index contributed by atoms with van der Waals surface area (Å²) in [6, 6.07) is 26.1. The first-order valence-corrected chi connectivity index (χ1v) is 12.0. The number of amides is 1. The van der Waals surface area contributed by atoms with Crippen molar-refractivity contribution in [3.05, 3.63) is 101 Å². The number of benzene rings is 3. The molecule has 0 spiro atoms. The summed E-state index contributed by atoms with van der Waals surface area (Å²) in [6.07, 6.45) is 0.363. The minimum Gasteiger partial charge on any atom is -0.489 e. The van der Waals surface area contributed by atoms with E-state index in [1.54, 1.807) is 16.0 Å². The first-order valence-electron chi connectivity index (χ1n) is 11.2. The highest BCUT2D eigenvalue weighted by Gasteiger charge is 2.33. The molecule has 0 unspecified atom stereocenters. The maximum absolute atomic E-state index is 12.8. The van der Waals surface area contributed by atoms with Gasteiger partial charge in [-0.1, -0.05) is 65.9 Å². The van der Waals surface area contributed by atoms with E-state index in [1.165, 1.54) is 0 Å². The van der Waals surface area contributed by atoms with Crippen molar-refractivity contribution in [3.8, 4) is 10.9 Å². The van der Waals surface area contributed by atoms with Crippen molar-refractivity contribution in [1.82, 2.24) is 14.8 Å². The van der Waals surface area contributed by atoms with Crippen molar-refractivity contribution in [2.24, 2.45) is 0 Å². The van der Waals surface area contributed by atoms with E-state index < -0.39 is 0 Å². The van der Waals surface area contributed by atoms with Crippen LogP contribution in [0.2, 0.25) is 0 Å². The van der Waals surface area contributed by atoms with Crippen LogP contribution in [0.25, 0.3) is 15.3 Å². The number of carbonyl (C=O) groups is 1. The molecule has 1 amide bonds. The number of aromatic nitrogens is 3. The van der Waals surface area contributed by atoms with E-state index in [0.29, 0.717) is 18.8 Å². The molecule has 3 heterocycles. The number of carbonyl (C=O) groups excluding carboxylic acids is 1. The Labute approximate surface area is 200 Å². The first kappa shape index (κ1) is 20.6. The van der Waals surface area contributed by atoms with Gasteiger partial charge in [0.1, 0.15) is 18.2 Å². The van der Waals surface area contributed by atoms with Crippen LogP contribution in [-0.4, -0.2) is 20.7 Å². The fourth-order valence-electron chi connectivity index (χ4n) is 4.48. The van der Waals surface area contributed by atoms with Gasteiger partial charge in [0.25, 0.3) is 0 Å². The van der Waals surface area contributed by atoms with Gasteiger partial charge in [-0.25, -0.2) is 4.98 Å². The molecule has 7 heteroatoms. The molecular weight excluding hydrogens is 444 g/mol. The number of anilines is 1. The Balaban J connectivity index is 1.36. The van der Waals surface area contributed by atoms with E-state index in [9.17, 15) is 4.79 Å². The minimum atomic E-state index is -0.104. The molecule has 0 aliphatic carbocycles. The second-order valence-electron chi connectivity index (χ2n) is 8.38. The second-order valence-corrected chi connectivity index (χ2v) is 9.38. The number of hydrogen-bond acceptors (Lipinski definition) is 5. The Kier molecular flexibility index (Phi) is 5.11. The van der Waals surface area contributed by atoms with Crippen molar-refractivity contribution in [2.45, 2.75) is 25.9 Å². The zero-order valence-corrected chi connectivity index (χ0v) is 19.4. The van der Waals surface area contributed by atoms with Gasteiger partial charge < -0.3 is 10.1 Å². The first-order chi connectivity index (χ1) is 16.7. The minimum absolute atomic E-state index is 0.0321. The number of aryl methyl sites for hydroxylation is 1. The van der Waals surface area contributed by atoms with Crippen molar-refractivity contribution in [1.29, 1.82) is 0 Å². The van der Waals surface area contributed by atoms with Crippen LogP contribution in [0.3, 0.4) is 0 Å². The molecule has 1 atom stereocenters. The highest BCUT2D eigenvalue weighted by Crippen LogP contribution is 2.41. The molecule has 0 saturated carbocycles. The zero-order chi connectivity index (χ0) is 23.1. The number of rotatable bonds is 5. The fraction of sp³-hybridized carbons (Fsp3) is 0.148. The van der Waals surface area contributed by atoms with Gasteiger partial charge in [-0.3, -0.25) is 4.79 Å². The monoisotopic (exact) mass is 466 g/mol. The molecule has 34 heavy (non-hydrogen) atoms. The number of nitrogens with one attached hydrogen (secondary N) is 1. The van der Waals surface area contributed by atoms with E-state index in [1.807, 2.05) is 79.7 Å². The number of fused-ring (bicyclic) bond motifs is 2. The van der Waals surface area contributed by atoms with Gasteiger partial charge in [-0.05, 0) is 42.3 Å². The van der Waals surface area contributed by atoms with Crippen LogP contribution in [0.1, 0.15) is 34.7 Å². The quantitative estimate of drug-likeness (QED) is 0.353. The summed E-state index contributed by atoms with van der Waals surface area (Å²) in [7, 11) is 0. The van der Waals surface area contributed by atoms with Gasteiger partial charge >= 0.3 is 0 Å². The van der Waals surface area contributed by atoms with Gasteiger partial charge in [-0.2, -0.15) is 9.78 Å². The van der Waals surface area contributed by atoms with Gasteiger partial charge in [-0.15, -0.1) is 0 Å². The van der Waals surface area contributed by atoms with Crippen LogP contribution in [0.4, 0.5) is 5.82 Å². The molecule has 6 rings (SSSR count). The highest BCUT2D eigenvalue weighted by atomic mass is 32.1. The standard InChI is InChI=1S/C27H22N4O2S/c1-17-25-21(19-10-7-11-20(14-19)33-16-18-8-3-2-4-9-18)15-24(32)29-26(25)31(30-17)27-28-22-12-5-6-13-23(22)34-27/h2-14,21H,15-16H2,1H3,(H,29,32)/t21-/m1/s1. The predicted molar refractivity (Wildman–Crippen MR) is 134 cm³/mol. The molecule has 6 nitrogen and oxygen atoms in total. The lowest BCUT2D eigenvalue weighted by molar-refractivity contribution is -0.116. The van der Waals surface area contributed by atoms with E-state index in [2.05, 4.69) is 11.4 Å². The predicted octanol–water partition coefficient (Wildman–Crippen LogP) is 5.84. The summed E-state index contributed by atoms with van der Waals surface area (Å²) >= 11 is 1.56. The lowest BCUT2D eigenvalue weighted by atomic mass is 9.86. The molecule has 168 valence electrons. The Morgan fingerprint density at radius 3 is 2.74 bits per heavy atom. The summed E-state index contributed by atoms with van der Waals surface area (Å²) in [4.78, 5) is 17.5. The van der Waals surface area contributed by atoms with Crippen molar-refractivity contribution in [2.75, 3.05) is 5.32 Å². The Hall–Kier alpha value is -3.97. The van der Waals surface area contributed by atoms with Gasteiger partial charge in [0, 0.05) is 17.9 Å². The molecule has 0 radical (unpaired) electrons. The lowest BCUT2D eigenvalue weighted by Crippen LogP contribution is -2.25. The summed E-state index contributed by atoms with van der Waals surface area (Å²) in [5.74, 6) is 1.35. The normalized spacial score (nSPS) is 15.2. The maximum atomic E-state index is 12.8. The smallest absolute Gasteiger partial charge is 0.226 e. The number of ether oxygens (including phenoxy) is 1. The molecule has 1 aliphatic heterocycles. The number of hydrogen-bond donors (Lipinski definition) is 1. The molecule has 2 aromatic heterocycles. The zero-order valence-electron chi connectivity index (χ0n) is 18.6. The van der Waals surface area contributed by atoms with Crippen molar-refractivity contribution >= 4 is 33.3 Å². The summed E-state index contributed by atoms with van der Waals surface area (Å²) in [5, 5.41) is 8.58. The average molecular weight is 467 g/mol. The van der Waals surface area contributed by atoms with E-state index in [-0.39, 0.29) is 11.8 Å². The maximum Gasteiger partial charge on any atom is 0.226 e. The van der Waals surface area contributed by atoms with Gasteiger partial charge in [0.2, 0.25) is 11.0 Å². The average Bonchev–Trinajstić information content (AvgIpc) is 3.44. The lowest BCUT2D eigenvalue weighted by Gasteiger charge is -2.24. The third kappa shape index (κ3) is 3.74. The Morgan fingerprint density at radius 1 is 1.06 bits per heavy atom. The summed E-state index contributed by atoms with van der Waals surface area (Å²) in [5.41, 5.74) is 4.98. The molecule has 0 fully saturated rings. The highest BCUT2D eigenvalue weighted by molar-refractivity contribution is 7.20. The third-order valence-corrected chi connectivity index (χ3v) is 7.09.